The number of ketones is 1. The van der Waals surface area contributed by atoms with Crippen LogP contribution in [-0.2, 0) is 4.79 Å². The summed E-state index contributed by atoms with van der Waals surface area (Å²) in [7, 11) is 3.20. The molecule has 2 aliphatic rings. The summed E-state index contributed by atoms with van der Waals surface area (Å²) in [5.74, 6) is 2.06. The lowest BCUT2D eigenvalue weighted by molar-refractivity contribution is -0.116. The van der Waals surface area contributed by atoms with Gasteiger partial charge in [-0.3, -0.25) is 4.79 Å². The average Bonchev–Trinajstić information content (AvgIpc) is 3.25. The van der Waals surface area contributed by atoms with Crippen LogP contribution in [-0.4, -0.2) is 39.9 Å². The van der Waals surface area contributed by atoms with Gasteiger partial charge in [-0.15, -0.1) is 0 Å². The van der Waals surface area contributed by atoms with Crippen molar-refractivity contribution in [3.63, 3.8) is 0 Å². The topological polar surface area (TPSA) is 98.5 Å². The lowest BCUT2D eigenvalue weighted by Crippen LogP contribution is -2.33. The van der Waals surface area contributed by atoms with Crippen molar-refractivity contribution in [1.29, 1.82) is 0 Å². The number of carbonyl (C=O) groups is 1. The van der Waals surface area contributed by atoms with Crippen molar-refractivity contribution in [3.8, 4) is 17.2 Å². The van der Waals surface area contributed by atoms with E-state index in [0.717, 1.165) is 16.8 Å². The van der Waals surface area contributed by atoms with E-state index in [1.165, 1.54) is 6.33 Å². The number of nitrogens with zero attached hydrogens (tertiary/aromatic N) is 3. The molecule has 1 aliphatic carbocycles. The molecule has 2 heterocycles. The highest BCUT2D eigenvalue weighted by atomic mass is 16.5. The van der Waals surface area contributed by atoms with Crippen molar-refractivity contribution in [2.75, 3.05) is 19.5 Å². The van der Waals surface area contributed by atoms with Crippen LogP contribution in [0.4, 0.5) is 5.95 Å². The van der Waals surface area contributed by atoms with Gasteiger partial charge >= 0.3 is 0 Å². The number of carbonyl (C=O) groups excluding carboxylic acids is 1. The largest absolute Gasteiger partial charge is 0.508 e. The lowest BCUT2D eigenvalue weighted by atomic mass is 9.78. The maximum Gasteiger partial charge on any atom is 0.226 e. The summed E-state index contributed by atoms with van der Waals surface area (Å²) in [6.07, 6.45) is 2.49. The highest BCUT2D eigenvalue weighted by molar-refractivity contribution is 6.00. The monoisotopic (exact) mass is 418 g/mol. The number of ether oxygens (including phenoxy) is 2. The van der Waals surface area contributed by atoms with Gasteiger partial charge in [-0.2, -0.15) is 10.1 Å². The molecule has 0 saturated carbocycles. The van der Waals surface area contributed by atoms with E-state index >= 15 is 0 Å². The van der Waals surface area contributed by atoms with Crippen LogP contribution in [0.15, 0.2) is 60.1 Å². The summed E-state index contributed by atoms with van der Waals surface area (Å²) in [5, 5.41) is 17.6. The number of aromatic hydroxyl groups is 1. The van der Waals surface area contributed by atoms with E-state index in [1.807, 2.05) is 24.3 Å². The van der Waals surface area contributed by atoms with Gasteiger partial charge in [0.05, 0.1) is 14.2 Å². The van der Waals surface area contributed by atoms with Gasteiger partial charge in [0, 0.05) is 17.7 Å². The first-order valence-corrected chi connectivity index (χ1v) is 10.0. The Labute approximate surface area is 179 Å². The first kappa shape index (κ1) is 19.2. The van der Waals surface area contributed by atoms with Gasteiger partial charge in [-0.25, -0.2) is 4.68 Å². The number of hydrogen-bond acceptors (Lipinski definition) is 7. The van der Waals surface area contributed by atoms with Crippen LogP contribution >= 0.6 is 0 Å². The second-order valence-electron chi connectivity index (χ2n) is 7.69. The molecule has 0 amide bonds. The molecule has 1 aliphatic heterocycles. The van der Waals surface area contributed by atoms with Gasteiger partial charge in [0.25, 0.3) is 0 Å². The lowest BCUT2D eigenvalue weighted by Gasteiger charge is -2.35. The van der Waals surface area contributed by atoms with Crippen LogP contribution in [0.3, 0.4) is 0 Å². The molecule has 2 atom stereocenters. The minimum atomic E-state index is -0.431. The number of rotatable bonds is 4. The van der Waals surface area contributed by atoms with Crippen LogP contribution < -0.4 is 14.8 Å². The van der Waals surface area contributed by atoms with Crippen molar-refractivity contribution in [1.82, 2.24) is 14.8 Å². The fourth-order valence-electron chi connectivity index (χ4n) is 4.50. The summed E-state index contributed by atoms with van der Waals surface area (Å²) in [6.45, 7) is 0. The molecule has 0 radical (unpaired) electrons. The fourth-order valence-corrected chi connectivity index (χ4v) is 4.50. The molecule has 8 heteroatoms. The molecule has 158 valence electrons. The van der Waals surface area contributed by atoms with Gasteiger partial charge in [0.1, 0.15) is 18.1 Å². The van der Waals surface area contributed by atoms with Crippen molar-refractivity contribution in [3.05, 3.63) is 71.2 Å². The van der Waals surface area contributed by atoms with E-state index in [0.29, 0.717) is 35.9 Å². The molecule has 31 heavy (non-hydrogen) atoms. The summed E-state index contributed by atoms with van der Waals surface area (Å²) in [4.78, 5) is 17.7. The van der Waals surface area contributed by atoms with Gasteiger partial charge in [0.2, 0.25) is 5.95 Å². The molecule has 5 rings (SSSR count). The van der Waals surface area contributed by atoms with Crippen LogP contribution in [0.5, 0.6) is 17.2 Å². The van der Waals surface area contributed by atoms with Crippen LogP contribution in [0.1, 0.15) is 35.9 Å². The molecule has 3 aromatic rings. The SMILES string of the molecule is COc1ccc([C@@H]2CC(=O)C3=C(C2)Nc2ncnn2[C@@H]3c2cccc(O)c2)cc1OC. The molecule has 0 unspecified atom stereocenters. The van der Waals surface area contributed by atoms with Crippen molar-refractivity contribution in [2.24, 2.45) is 0 Å². The maximum atomic E-state index is 13.4. The van der Waals surface area contributed by atoms with E-state index < -0.39 is 6.04 Å². The third-order valence-corrected chi connectivity index (χ3v) is 5.93. The van der Waals surface area contributed by atoms with Crippen LogP contribution in [0, 0.1) is 0 Å². The standard InChI is InChI=1S/C23H22N4O4/c1-30-19-7-6-13(11-20(19)31-2)15-9-17-21(18(29)10-15)22(14-4-3-5-16(28)8-14)27-23(26-17)24-12-25-27/h3-8,11-12,15,22,28H,9-10H2,1-2H3,(H,24,25,26)/t15-,22+/m0/s1. The van der Waals surface area contributed by atoms with Crippen molar-refractivity contribution >= 4 is 11.7 Å². The average molecular weight is 418 g/mol. The molecule has 2 N–H and O–H groups in total. The minimum Gasteiger partial charge on any atom is -0.508 e. The van der Waals surface area contributed by atoms with Crippen molar-refractivity contribution in [2.45, 2.75) is 24.8 Å². The molecule has 0 spiro atoms. The van der Waals surface area contributed by atoms with Gasteiger partial charge in [-0.05, 0) is 47.7 Å². The summed E-state index contributed by atoms with van der Waals surface area (Å²) < 4.78 is 12.5. The van der Waals surface area contributed by atoms with E-state index in [9.17, 15) is 9.90 Å². The van der Waals surface area contributed by atoms with Crippen LogP contribution in [0.2, 0.25) is 0 Å². The van der Waals surface area contributed by atoms with Crippen molar-refractivity contribution < 1.29 is 19.4 Å². The highest BCUT2D eigenvalue weighted by Gasteiger charge is 2.39. The number of hydrogen-bond donors (Lipinski definition) is 2. The fraction of sp³-hybridized carbons (Fsp3) is 0.261. The molecule has 2 aromatic carbocycles. The Morgan fingerprint density at radius 1 is 1.06 bits per heavy atom. The number of fused-ring (bicyclic) bond motifs is 1. The van der Waals surface area contributed by atoms with E-state index in [-0.39, 0.29) is 17.5 Å². The quantitative estimate of drug-likeness (QED) is 0.670. The smallest absolute Gasteiger partial charge is 0.226 e. The first-order valence-electron chi connectivity index (χ1n) is 10.0. The zero-order valence-corrected chi connectivity index (χ0v) is 17.2. The number of aromatic nitrogens is 3. The number of methoxy groups -OCH3 is 2. The normalized spacial score (nSPS) is 20.0. The maximum absolute atomic E-state index is 13.4. The van der Waals surface area contributed by atoms with Gasteiger partial charge in [0.15, 0.2) is 17.3 Å². The van der Waals surface area contributed by atoms with Crippen LogP contribution in [0.25, 0.3) is 0 Å². The zero-order chi connectivity index (χ0) is 21.5. The molecule has 1 aromatic heterocycles. The number of anilines is 1. The zero-order valence-electron chi connectivity index (χ0n) is 17.2. The Hall–Kier alpha value is -3.81. The Balaban J connectivity index is 1.56. The van der Waals surface area contributed by atoms with E-state index in [2.05, 4.69) is 15.4 Å². The second kappa shape index (κ2) is 7.46. The second-order valence-corrected chi connectivity index (χ2v) is 7.69. The molecule has 0 fully saturated rings. The first-order chi connectivity index (χ1) is 15.1. The summed E-state index contributed by atoms with van der Waals surface area (Å²) in [6, 6.07) is 12.3. The van der Waals surface area contributed by atoms with Gasteiger partial charge in [-0.1, -0.05) is 18.2 Å². The van der Waals surface area contributed by atoms with E-state index in [4.69, 9.17) is 9.47 Å². The highest BCUT2D eigenvalue weighted by Crippen LogP contribution is 2.45. The third-order valence-electron chi connectivity index (χ3n) is 5.93. The number of phenols is 1. The number of nitrogens with one attached hydrogen (secondary N) is 1. The molecule has 0 bridgehead atoms. The predicted octanol–water partition coefficient (Wildman–Crippen LogP) is 3.42. The minimum absolute atomic E-state index is 0.00199. The molecule has 0 saturated heterocycles. The predicted molar refractivity (Wildman–Crippen MR) is 113 cm³/mol. The Morgan fingerprint density at radius 3 is 2.68 bits per heavy atom. The van der Waals surface area contributed by atoms with Gasteiger partial charge < -0.3 is 19.9 Å². The Kier molecular flexibility index (Phi) is 4.62. The summed E-state index contributed by atoms with van der Waals surface area (Å²) in [5.41, 5.74) is 3.31. The summed E-state index contributed by atoms with van der Waals surface area (Å²) >= 11 is 0. The third kappa shape index (κ3) is 3.20. The molecular weight excluding hydrogens is 396 g/mol. The Morgan fingerprint density at radius 2 is 1.90 bits per heavy atom. The Bertz CT molecular complexity index is 1200. The molecule has 8 nitrogen and oxygen atoms in total. The number of benzene rings is 2. The number of Topliss-reactive ketones (excluding diaryl/α,β-unsaturated/α-hetero) is 1. The number of phenolic OH excluding ortho intramolecular Hbond substituents is 1. The molecular formula is C23H22N4O4. The van der Waals surface area contributed by atoms with E-state index in [1.54, 1.807) is 37.1 Å². The number of allylic oxidation sites excluding steroid dienone is 2.